The normalized spacial score (nSPS) is 12.0. The number of benzene rings is 1. The molecule has 0 aliphatic carbocycles. The van der Waals surface area contributed by atoms with E-state index in [1.54, 1.807) is 12.1 Å². The lowest BCUT2D eigenvalue weighted by Crippen LogP contribution is -2.30. The molecule has 5 nitrogen and oxygen atoms in total. The second-order valence-corrected chi connectivity index (χ2v) is 7.82. The Kier molecular flexibility index (Phi) is 7.45. The van der Waals surface area contributed by atoms with Crippen molar-refractivity contribution in [3.05, 3.63) is 35.6 Å². The first-order valence-electron chi connectivity index (χ1n) is 7.84. The number of thioether (sulfide) groups is 1. The molecule has 2 aromatic rings. The fraction of sp³-hybridized carbons (Fsp3) is 0.438. The number of aromatic nitrogens is 2. The van der Waals surface area contributed by atoms with Gasteiger partial charge in [0.2, 0.25) is 11.0 Å². The molecule has 24 heavy (non-hydrogen) atoms. The van der Waals surface area contributed by atoms with Crippen molar-refractivity contribution in [2.75, 3.05) is 11.9 Å². The topological polar surface area (TPSA) is 66.9 Å². The maximum Gasteiger partial charge on any atom is 0.233 e. The van der Waals surface area contributed by atoms with Crippen molar-refractivity contribution in [3.63, 3.8) is 0 Å². The highest BCUT2D eigenvalue weighted by Crippen LogP contribution is 2.28. The fourth-order valence-corrected chi connectivity index (χ4v) is 3.79. The van der Waals surface area contributed by atoms with E-state index in [-0.39, 0.29) is 17.0 Å². The molecule has 8 heteroatoms. The summed E-state index contributed by atoms with van der Waals surface area (Å²) >= 11 is 2.84. The smallest absolute Gasteiger partial charge is 0.233 e. The first kappa shape index (κ1) is 18.7. The number of carbonyl (C=O) groups is 1. The molecule has 1 unspecified atom stereocenters. The van der Waals surface area contributed by atoms with Gasteiger partial charge in [0.05, 0.1) is 5.25 Å². The minimum atomic E-state index is -0.284. The van der Waals surface area contributed by atoms with Crippen molar-refractivity contribution in [2.45, 2.75) is 42.8 Å². The number of halogens is 1. The van der Waals surface area contributed by atoms with Crippen LogP contribution >= 0.6 is 23.1 Å². The van der Waals surface area contributed by atoms with Crippen LogP contribution in [0.15, 0.2) is 28.6 Å². The van der Waals surface area contributed by atoms with Gasteiger partial charge in [0.25, 0.3) is 0 Å². The molecule has 0 saturated heterocycles. The molecule has 1 aromatic heterocycles. The molecule has 0 spiro atoms. The van der Waals surface area contributed by atoms with Crippen LogP contribution in [-0.4, -0.2) is 27.9 Å². The number of anilines is 1. The van der Waals surface area contributed by atoms with Gasteiger partial charge in [0, 0.05) is 13.1 Å². The van der Waals surface area contributed by atoms with Crippen LogP contribution in [0.5, 0.6) is 0 Å². The molecule has 130 valence electrons. The van der Waals surface area contributed by atoms with Crippen molar-refractivity contribution in [1.29, 1.82) is 0 Å². The van der Waals surface area contributed by atoms with Crippen LogP contribution in [0.3, 0.4) is 0 Å². The molecule has 0 aliphatic heterocycles. The number of hydrogen-bond acceptors (Lipinski definition) is 6. The molecule has 0 aliphatic rings. The van der Waals surface area contributed by atoms with E-state index in [0.29, 0.717) is 6.54 Å². The number of rotatable bonds is 9. The molecule has 2 rings (SSSR count). The first-order chi connectivity index (χ1) is 11.6. The summed E-state index contributed by atoms with van der Waals surface area (Å²) < 4.78 is 13.6. The van der Waals surface area contributed by atoms with Gasteiger partial charge >= 0.3 is 0 Å². The fourth-order valence-electron chi connectivity index (χ4n) is 1.84. The molecule has 1 aromatic carbocycles. The van der Waals surface area contributed by atoms with Gasteiger partial charge in [-0.15, -0.1) is 10.2 Å². The second-order valence-electron chi connectivity index (χ2n) is 5.26. The quantitative estimate of drug-likeness (QED) is 0.522. The summed E-state index contributed by atoms with van der Waals surface area (Å²) in [5.41, 5.74) is 0.861. The molecule has 0 radical (unpaired) electrons. The third kappa shape index (κ3) is 6.09. The Balaban J connectivity index is 1.77. The maximum atomic E-state index is 12.8. The van der Waals surface area contributed by atoms with Crippen LogP contribution in [0, 0.1) is 5.82 Å². The minimum absolute atomic E-state index is 0.0833. The summed E-state index contributed by atoms with van der Waals surface area (Å²) in [7, 11) is 0. The number of nitrogens with zero attached hydrogens (tertiary/aromatic N) is 2. The SMILES string of the molecule is CCCCNc1nnc(SC(C)C(=O)NCc2ccc(F)cc2)s1. The second kappa shape index (κ2) is 9.58. The Bertz CT molecular complexity index is 648. The van der Waals surface area contributed by atoms with E-state index in [2.05, 4.69) is 27.8 Å². The lowest BCUT2D eigenvalue weighted by atomic mass is 10.2. The third-order valence-electron chi connectivity index (χ3n) is 3.24. The highest BCUT2D eigenvalue weighted by Gasteiger charge is 2.16. The summed E-state index contributed by atoms with van der Waals surface area (Å²) in [6.07, 6.45) is 2.21. The van der Waals surface area contributed by atoms with Crippen LogP contribution in [0.4, 0.5) is 9.52 Å². The molecular formula is C16H21FN4OS2. The molecule has 1 atom stereocenters. The Labute approximate surface area is 149 Å². The van der Waals surface area contributed by atoms with E-state index in [0.717, 1.165) is 34.4 Å². The van der Waals surface area contributed by atoms with Crippen LogP contribution < -0.4 is 10.6 Å². The average Bonchev–Trinajstić information content (AvgIpc) is 3.01. The number of hydrogen-bond donors (Lipinski definition) is 2. The molecular weight excluding hydrogens is 347 g/mol. The van der Waals surface area contributed by atoms with Crippen LogP contribution in [0.2, 0.25) is 0 Å². The predicted octanol–water partition coefficient (Wildman–Crippen LogP) is 3.69. The zero-order valence-electron chi connectivity index (χ0n) is 13.7. The summed E-state index contributed by atoms with van der Waals surface area (Å²) in [6.45, 7) is 5.22. The maximum absolute atomic E-state index is 12.8. The van der Waals surface area contributed by atoms with E-state index in [1.807, 2.05) is 6.92 Å². The summed E-state index contributed by atoms with van der Waals surface area (Å²) in [4.78, 5) is 12.1. The molecule has 0 bridgehead atoms. The van der Waals surface area contributed by atoms with Crippen LogP contribution in [0.25, 0.3) is 0 Å². The largest absolute Gasteiger partial charge is 0.360 e. The van der Waals surface area contributed by atoms with Gasteiger partial charge in [-0.2, -0.15) is 0 Å². The molecule has 0 fully saturated rings. The molecule has 2 N–H and O–H groups in total. The van der Waals surface area contributed by atoms with Gasteiger partial charge in [-0.3, -0.25) is 4.79 Å². The van der Waals surface area contributed by atoms with Gasteiger partial charge in [-0.1, -0.05) is 48.6 Å². The lowest BCUT2D eigenvalue weighted by Gasteiger charge is -2.10. The summed E-state index contributed by atoms with van der Waals surface area (Å²) in [5.74, 6) is -0.367. The summed E-state index contributed by atoms with van der Waals surface area (Å²) in [5, 5.41) is 14.7. The average molecular weight is 369 g/mol. The van der Waals surface area contributed by atoms with Crippen molar-refractivity contribution in [3.8, 4) is 0 Å². The number of unbranched alkanes of at least 4 members (excludes halogenated alkanes) is 1. The highest BCUT2D eigenvalue weighted by atomic mass is 32.2. The number of carbonyl (C=O) groups excluding carboxylic acids is 1. The predicted molar refractivity (Wildman–Crippen MR) is 96.9 cm³/mol. The van der Waals surface area contributed by atoms with Crippen molar-refractivity contribution in [1.82, 2.24) is 15.5 Å². The number of amides is 1. The lowest BCUT2D eigenvalue weighted by molar-refractivity contribution is -0.120. The van der Waals surface area contributed by atoms with Crippen LogP contribution in [0.1, 0.15) is 32.3 Å². The van der Waals surface area contributed by atoms with Gasteiger partial charge < -0.3 is 10.6 Å². The van der Waals surface area contributed by atoms with E-state index in [9.17, 15) is 9.18 Å². The molecule has 0 saturated carbocycles. The first-order valence-corrected chi connectivity index (χ1v) is 9.54. The van der Waals surface area contributed by atoms with E-state index in [1.165, 1.54) is 35.2 Å². The number of nitrogens with one attached hydrogen (secondary N) is 2. The Hall–Kier alpha value is -1.67. The summed E-state index contributed by atoms with van der Waals surface area (Å²) in [6, 6.07) is 6.08. The van der Waals surface area contributed by atoms with E-state index in [4.69, 9.17) is 0 Å². The molecule has 1 amide bonds. The van der Waals surface area contributed by atoms with E-state index < -0.39 is 0 Å². The van der Waals surface area contributed by atoms with Gasteiger partial charge in [0.1, 0.15) is 5.82 Å². The van der Waals surface area contributed by atoms with Crippen molar-refractivity contribution in [2.24, 2.45) is 0 Å². The zero-order valence-corrected chi connectivity index (χ0v) is 15.3. The zero-order chi connectivity index (χ0) is 17.4. The van der Waals surface area contributed by atoms with Gasteiger partial charge in [-0.05, 0) is 31.0 Å². The van der Waals surface area contributed by atoms with Gasteiger partial charge in [-0.25, -0.2) is 4.39 Å². The van der Waals surface area contributed by atoms with Crippen LogP contribution in [-0.2, 0) is 11.3 Å². The van der Waals surface area contributed by atoms with Crippen molar-refractivity contribution >= 4 is 34.1 Å². The van der Waals surface area contributed by atoms with Crippen molar-refractivity contribution < 1.29 is 9.18 Å². The monoisotopic (exact) mass is 368 g/mol. The molecule has 1 heterocycles. The van der Waals surface area contributed by atoms with E-state index >= 15 is 0 Å². The highest BCUT2D eigenvalue weighted by molar-refractivity contribution is 8.02. The Morgan fingerprint density at radius 1 is 1.33 bits per heavy atom. The third-order valence-corrected chi connectivity index (χ3v) is 5.31. The van der Waals surface area contributed by atoms with Gasteiger partial charge in [0.15, 0.2) is 4.34 Å². The minimum Gasteiger partial charge on any atom is -0.360 e. The standard InChI is InChI=1S/C16H21FN4OS2/c1-3-4-9-18-15-20-21-16(24-15)23-11(2)14(22)19-10-12-5-7-13(17)8-6-12/h5-8,11H,3-4,9-10H2,1-2H3,(H,18,20)(H,19,22). The Morgan fingerprint density at radius 3 is 2.79 bits per heavy atom. The Morgan fingerprint density at radius 2 is 2.08 bits per heavy atom.